The highest BCUT2D eigenvalue weighted by molar-refractivity contribution is 6.31. The van der Waals surface area contributed by atoms with Crippen LogP contribution < -0.4 is 0 Å². The molecular formula is C8H10Cl2. The second kappa shape index (κ2) is 2.98. The largest absolute Gasteiger partial charge is 0.117 e. The number of hydrogen-bond acceptors (Lipinski definition) is 0. The molecule has 0 radical (unpaired) electrons. The van der Waals surface area contributed by atoms with Crippen molar-refractivity contribution in [1.29, 1.82) is 0 Å². The molecule has 1 aliphatic carbocycles. The van der Waals surface area contributed by atoms with Gasteiger partial charge in [-0.15, -0.1) is 11.6 Å². The quantitative estimate of drug-likeness (QED) is 0.498. The highest BCUT2D eigenvalue weighted by Gasteiger charge is 2.21. The van der Waals surface area contributed by atoms with E-state index in [2.05, 4.69) is 0 Å². The lowest BCUT2D eigenvalue weighted by molar-refractivity contribution is 0.702. The standard InChI is InChI=1S/C8H10Cl2/c1-5-3-4-7(9)6(2)8(5)10/h3-4,6,8H,1-2H3/t6-,8?/m0/s1. The molecule has 10 heavy (non-hydrogen) atoms. The predicted molar refractivity (Wildman–Crippen MR) is 46.5 cm³/mol. The van der Waals surface area contributed by atoms with Gasteiger partial charge in [-0.25, -0.2) is 0 Å². The normalized spacial score (nSPS) is 33.2. The van der Waals surface area contributed by atoms with Crippen molar-refractivity contribution in [3.8, 4) is 0 Å². The number of hydrogen-bond donors (Lipinski definition) is 0. The molecule has 0 aromatic heterocycles. The van der Waals surface area contributed by atoms with Crippen LogP contribution in [0.25, 0.3) is 0 Å². The maximum absolute atomic E-state index is 6.02. The molecule has 2 heteroatoms. The zero-order valence-corrected chi connectivity index (χ0v) is 7.58. The van der Waals surface area contributed by atoms with Crippen molar-refractivity contribution in [2.75, 3.05) is 0 Å². The number of rotatable bonds is 0. The maximum Gasteiger partial charge on any atom is 0.0620 e. The van der Waals surface area contributed by atoms with E-state index in [-0.39, 0.29) is 11.3 Å². The van der Waals surface area contributed by atoms with Crippen LogP contribution in [0.3, 0.4) is 0 Å². The first-order valence-electron chi connectivity index (χ1n) is 3.31. The molecule has 2 atom stereocenters. The van der Waals surface area contributed by atoms with Gasteiger partial charge in [0.2, 0.25) is 0 Å². The predicted octanol–water partition coefficient (Wildman–Crippen LogP) is 3.31. The molecule has 0 aromatic rings. The average Bonchev–Trinajstić information content (AvgIpc) is 1.93. The molecule has 0 N–H and O–H groups in total. The Morgan fingerprint density at radius 3 is 2.50 bits per heavy atom. The van der Waals surface area contributed by atoms with E-state index in [1.54, 1.807) is 0 Å². The summed E-state index contributed by atoms with van der Waals surface area (Å²) in [4.78, 5) is 0. The zero-order valence-electron chi connectivity index (χ0n) is 6.07. The van der Waals surface area contributed by atoms with E-state index in [1.807, 2.05) is 26.0 Å². The van der Waals surface area contributed by atoms with Crippen LogP contribution in [0.15, 0.2) is 22.8 Å². The van der Waals surface area contributed by atoms with Gasteiger partial charge < -0.3 is 0 Å². The van der Waals surface area contributed by atoms with Crippen molar-refractivity contribution in [3.63, 3.8) is 0 Å². The summed E-state index contributed by atoms with van der Waals surface area (Å²) in [5.41, 5.74) is 1.19. The molecule has 0 heterocycles. The van der Waals surface area contributed by atoms with Crippen molar-refractivity contribution in [3.05, 3.63) is 22.8 Å². The molecule has 1 unspecified atom stereocenters. The van der Waals surface area contributed by atoms with Crippen LogP contribution in [0, 0.1) is 5.92 Å². The van der Waals surface area contributed by atoms with E-state index < -0.39 is 0 Å². The fourth-order valence-electron chi connectivity index (χ4n) is 0.989. The van der Waals surface area contributed by atoms with Crippen LogP contribution in [-0.4, -0.2) is 5.38 Å². The highest BCUT2D eigenvalue weighted by atomic mass is 35.5. The van der Waals surface area contributed by atoms with E-state index in [4.69, 9.17) is 23.2 Å². The molecule has 1 aliphatic rings. The Morgan fingerprint density at radius 2 is 2.00 bits per heavy atom. The van der Waals surface area contributed by atoms with Crippen molar-refractivity contribution in [2.24, 2.45) is 5.92 Å². The third-order valence-electron chi connectivity index (χ3n) is 1.81. The molecule has 56 valence electrons. The fraction of sp³-hybridized carbons (Fsp3) is 0.500. The Bertz CT molecular complexity index is 169. The first-order chi connectivity index (χ1) is 4.63. The van der Waals surface area contributed by atoms with Crippen molar-refractivity contribution in [2.45, 2.75) is 19.2 Å². The van der Waals surface area contributed by atoms with Crippen LogP contribution in [0.1, 0.15) is 13.8 Å². The van der Waals surface area contributed by atoms with E-state index in [1.165, 1.54) is 5.57 Å². The van der Waals surface area contributed by atoms with Crippen molar-refractivity contribution >= 4 is 23.2 Å². The molecule has 0 saturated carbocycles. The summed E-state index contributed by atoms with van der Waals surface area (Å²) in [6.45, 7) is 4.06. The second-order valence-electron chi connectivity index (χ2n) is 2.65. The van der Waals surface area contributed by atoms with Gasteiger partial charge in [-0.3, -0.25) is 0 Å². The third-order valence-corrected chi connectivity index (χ3v) is 3.01. The smallest absolute Gasteiger partial charge is 0.0620 e. The first-order valence-corrected chi connectivity index (χ1v) is 4.12. The van der Waals surface area contributed by atoms with E-state index in [0.717, 1.165) is 5.03 Å². The first kappa shape index (κ1) is 8.16. The Hall–Kier alpha value is 0.0600. The van der Waals surface area contributed by atoms with Gasteiger partial charge in [0.25, 0.3) is 0 Å². The summed E-state index contributed by atoms with van der Waals surface area (Å²) >= 11 is 11.9. The van der Waals surface area contributed by atoms with Crippen LogP contribution >= 0.6 is 23.2 Å². The van der Waals surface area contributed by atoms with Crippen LogP contribution in [0.4, 0.5) is 0 Å². The summed E-state index contributed by atoms with van der Waals surface area (Å²) in [6.07, 6.45) is 3.89. The Labute approximate surface area is 71.5 Å². The van der Waals surface area contributed by atoms with Crippen molar-refractivity contribution < 1.29 is 0 Å². The molecule has 0 bridgehead atoms. The second-order valence-corrected chi connectivity index (χ2v) is 3.56. The lowest BCUT2D eigenvalue weighted by atomic mass is 9.96. The van der Waals surface area contributed by atoms with Crippen LogP contribution in [0.2, 0.25) is 0 Å². The fourth-order valence-corrected chi connectivity index (χ4v) is 1.45. The molecule has 0 saturated heterocycles. The Morgan fingerprint density at radius 1 is 1.40 bits per heavy atom. The lowest BCUT2D eigenvalue weighted by Gasteiger charge is -2.21. The van der Waals surface area contributed by atoms with Gasteiger partial charge in [-0.1, -0.05) is 30.2 Å². The summed E-state index contributed by atoms with van der Waals surface area (Å²) in [7, 11) is 0. The number of halogens is 2. The van der Waals surface area contributed by atoms with Gasteiger partial charge in [-0.05, 0) is 13.0 Å². The molecular weight excluding hydrogens is 167 g/mol. The molecule has 1 rings (SSSR count). The van der Waals surface area contributed by atoms with Gasteiger partial charge in [0.1, 0.15) is 0 Å². The van der Waals surface area contributed by atoms with Crippen LogP contribution in [-0.2, 0) is 0 Å². The lowest BCUT2D eigenvalue weighted by Crippen LogP contribution is -2.15. The molecule has 0 spiro atoms. The summed E-state index contributed by atoms with van der Waals surface area (Å²) in [5, 5.41) is 0.933. The van der Waals surface area contributed by atoms with Gasteiger partial charge in [0, 0.05) is 11.0 Å². The molecule has 0 nitrogen and oxygen atoms in total. The van der Waals surface area contributed by atoms with Gasteiger partial charge in [0.15, 0.2) is 0 Å². The Balaban J connectivity index is 2.86. The zero-order chi connectivity index (χ0) is 7.72. The van der Waals surface area contributed by atoms with Crippen molar-refractivity contribution in [1.82, 2.24) is 0 Å². The molecule has 0 amide bonds. The van der Waals surface area contributed by atoms with E-state index in [0.29, 0.717) is 0 Å². The SMILES string of the molecule is CC1=CC=C(Cl)[C@H](C)C1Cl. The third kappa shape index (κ3) is 1.38. The molecule has 0 fully saturated rings. The number of allylic oxidation sites excluding steroid dienone is 4. The minimum atomic E-state index is 0.0810. The topological polar surface area (TPSA) is 0 Å². The van der Waals surface area contributed by atoms with Crippen LogP contribution in [0.5, 0.6) is 0 Å². The number of alkyl halides is 1. The monoisotopic (exact) mass is 176 g/mol. The maximum atomic E-state index is 6.02. The van der Waals surface area contributed by atoms with E-state index in [9.17, 15) is 0 Å². The molecule has 0 aliphatic heterocycles. The Kier molecular flexibility index (Phi) is 2.43. The average molecular weight is 177 g/mol. The molecule has 0 aromatic carbocycles. The summed E-state index contributed by atoms with van der Waals surface area (Å²) in [6, 6.07) is 0. The minimum Gasteiger partial charge on any atom is -0.117 e. The van der Waals surface area contributed by atoms with Gasteiger partial charge in [0.05, 0.1) is 5.38 Å². The highest BCUT2D eigenvalue weighted by Crippen LogP contribution is 2.31. The minimum absolute atomic E-state index is 0.0810. The summed E-state index contributed by atoms with van der Waals surface area (Å²) < 4.78 is 0. The van der Waals surface area contributed by atoms with E-state index >= 15 is 0 Å². The van der Waals surface area contributed by atoms with Gasteiger partial charge >= 0.3 is 0 Å². The van der Waals surface area contributed by atoms with Gasteiger partial charge in [-0.2, -0.15) is 0 Å². The summed E-state index contributed by atoms with van der Waals surface area (Å²) in [5.74, 6) is 0.272.